The molecule has 1 atom stereocenters. The van der Waals surface area contributed by atoms with Gasteiger partial charge >= 0.3 is 0 Å². The summed E-state index contributed by atoms with van der Waals surface area (Å²) in [4.78, 5) is 14.5. The van der Waals surface area contributed by atoms with Gasteiger partial charge in [-0.15, -0.1) is 0 Å². The molecule has 2 rings (SSSR count). The van der Waals surface area contributed by atoms with Crippen LogP contribution in [0.2, 0.25) is 0 Å². The molecule has 1 aliphatic carbocycles. The summed E-state index contributed by atoms with van der Waals surface area (Å²) in [7, 11) is 4.19. The number of amides is 1. The maximum absolute atomic E-state index is 12.3. The molecule has 0 heterocycles. The topological polar surface area (TPSA) is 58.4 Å². The summed E-state index contributed by atoms with van der Waals surface area (Å²) in [5, 5.41) is 3.05. The van der Waals surface area contributed by atoms with Gasteiger partial charge in [0.1, 0.15) is 6.04 Å². The third-order valence-corrected chi connectivity index (χ3v) is 4.79. The van der Waals surface area contributed by atoms with Crippen LogP contribution in [0.25, 0.3) is 0 Å². The van der Waals surface area contributed by atoms with Gasteiger partial charge in [0.15, 0.2) is 0 Å². The lowest BCUT2D eigenvalue weighted by Crippen LogP contribution is -2.52. The number of carbonyl (C=O) groups excluding carboxylic acids is 1. The van der Waals surface area contributed by atoms with E-state index in [1.54, 1.807) is 0 Å². The second-order valence-corrected chi connectivity index (χ2v) is 6.43. The van der Waals surface area contributed by atoms with Crippen molar-refractivity contribution >= 4 is 5.91 Å². The molecule has 116 valence electrons. The van der Waals surface area contributed by atoms with E-state index in [0.29, 0.717) is 6.54 Å². The minimum atomic E-state index is -0.591. The number of hydrogen-bond donors (Lipinski definition) is 2. The zero-order valence-electron chi connectivity index (χ0n) is 13.4. The normalized spacial score (nSPS) is 18.7. The van der Waals surface area contributed by atoms with E-state index in [2.05, 4.69) is 24.3 Å². The maximum atomic E-state index is 12.3. The van der Waals surface area contributed by atoms with E-state index in [4.69, 9.17) is 5.73 Å². The summed E-state index contributed by atoms with van der Waals surface area (Å²) in [6.07, 6.45) is 4.75. The zero-order chi connectivity index (χ0) is 15.5. The third kappa shape index (κ3) is 3.63. The molecular weight excluding hydrogens is 262 g/mol. The number of benzene rings is 1. The second-order valence-electron chi connectivity index (χ2n) is 6.43. The molecule has 0 radical (unpaired) electrons. The lowest BCUT2D eigenvalue weighted by molar-refractivity contribution is -0.123. The van der Waals surface area contributed by atoms with Crippen LogP contribution in [0.5, 0.6) is 0 Å². The van der Waals surface area contributed by atoms with Gasteiger partial charge < -0.3 is 16.0 Å². The van der Waals surface area contributed by atoms with Crippen LogP contribution in [0.1, 0.15) is 42.9 Å². The first-order valence-electron chi connectivity index (χ1n) is 7.72. The number of carbonyl (C=O) groups is 1. The summed E-state index contributed by atoms with van der Waals surface area (Å²) < 4.78 is 0. The first-order valence-corrected chi connectivity index (χ1v) is 7.72. The standard InChI is InChI=1S/C17H27N3O/c1-13-6-8-14(9-7-13)15(18)16(21)19-12-17(20(2)3)10-4-5-11-17/h6-9,15H,4-5,10-12,18H2,1-3H3,(H,19,21). The molecule has 21 heavy (non-hydrogen) atoms. The van der Waals surface area contributed by atoms with Gasteiger partial charge in [0.2, 0.25) is 5.91 Å². The fourth-order valence-electron chi connectivity index (χ4n) is 3.10. The lowest BCUT2D eigenvalue weighted by Gasteiger charge is -2.36. The molecular formula is C17H27N3O. The Labute approximate surface area is 127 Å². The molecule has 0 aliphatic heterocycles. The third-order valence-electron chi connectivity index (χ3n) is 4.79. The highest BCUT2D eigenvalue weighted by Gasteiger charge is 2.36. The van der Waals surface area contributed by atoms with E-state index >= 15 is 0 Å². The zero-order valence-corrected chi connectivity index (χ0v) is 13.4. The Kier molecular flexibility index (Phi) is 5.01. The summed E-state index contributed by atoms with van der Waals surface area (Å²) >= 11 is 0. The Morgan fingerprint density at radius 1 is 1.29 bits per heavy atom. The highest BCUT2D eigenvalue weighted by Crippen LogP contribution is 2.33. The highest BCUT2D eigenvalue weighted by molar-refractivity contribution is 5.83. The van der Waals surface area contributed by atoms with Crippen molar-refractivity contribution in [3.63, 3.8) is 0 Å². The molecule has 1 aromatic rings. The molecule has 1 aromatic carbocycles. The van der Waals surface area contributed by atoms with Crippen molar-refractivity contribution in [3.05, 3.63) is 35.4 Å². The van der Waals surface area contributed by atoms with Crippen molar-refractivity contribution in [2.24, 2.45) is 5.73 Å². The van der Waals surface area contributed by atoms with E-state index in [9.17, 15) is 4.79 Å². The summed E-state index contributed by atoms with van der Waals surface area (Å²) in [5.74, 6) is -0.0908. The van der Waals surface area contributed by atoms with Gasteiger partial charge in [0, 0.05) is 12.1 Å². The molecule has 1 saturated carbocycles. The average Bonchev–Trinajstić information content (AvgIpc) is 2.95. The van der Waals surface area contributed by atoms with Gasteiger partial charge in [0.25, 0.3) is 0 Å². The van der Waals surface area contributed by atoms with Gasteiger partial charge in [-0.05, 0) is 39.4 Å². The van der Waals surface area contributed by atoms with Crippen LogP contribution >= 0.6 is 0 Å². The van der Waals surface area contributed by atoms with Crippen LogP contribution in [0, 0.1) is 6.92 Å². The summed E-state index contributed by atoms with van der Waals surface area (Å²) in [5.41, 5.74) is 8.20. The van der Waals surface area contributed by atoms with Gasteiger partial charge in [-0.3, -0.25) is 4.79 Å². The first-order chi connectivity index (χ1) is 9.94. The molecule has 0 spiro atoms. The van der Waals surface area contributed by atoms with Crippen LogP contribution in [0.15, 0.2) is 24.3 Å². The molecule has 0 aromatic heterocycles. The summed E-state index contributed by atoms with van der Waals surface area (Å²) in [6, 6.07) is 7.24. The number of likely N-dealkylation sites (N-methyl/N-ethyl adjacent to an activating group) is 1. The van der Waals surface area contributed by atoms with Crippen molar-refractivity contribution in [1.82, 2.24) is 10.2 Å². The van der Waals surface area contributed by atoms with Gasteiger partial charge in [0.05, 0.1) is 0 Å². The molecule has 1 aliphatic rings. The minimum absolute atomic E-state index is 0.0908. The van der Waals surface area contributed by atoms with E-state index in [0.717, 1.165) is 18.4 Å². The Balaban J connectivity index is 1.96. The minimum Gasteiger partial charge on any atom is -0.353 e. The van der Waals surface area contributed by atoms with E-state index < -0.39 is 6.04 Å². The van der Waals surface area contributed by atoms with Crippen LogP contribution in [0.4, 0.5) is 0 Å². The van der Waals surface area contributed by atoms with Crippen molar-refractivity contribution in [2.75, 3.05) is 20.6 Å². The van der Waals surface area contributed by atoms with Crippen molar-refractivity contribution in [2.45, 2.75) is 44.2 Å². The van der Waals surface area contributed by atoms with E-state index in [1.807, 2.05) is 31.2 Å². The molecule has 4 nitrogen and oxygen atoms in total. The Hall–Kier alpha value is -1.39. The Morgan fingerprint density at radius 3 is 2.38 bits per heavy atom. The SMILES string of the molecule is Cc1ccc(C(N)C(=O)NCC2(N(C)C)CCCC2)cc1. The molecule has 1 unspecified atom stereocenters. The second kappa shape index (κ2) is 6.58. The van der Waals surface area contributed by atoms with Gasteiger partial charge in [-0.2, -0.15) is 0 Å². The van der Waals surface area contributed by atoms with Crippen LogP contribution in [-0.4, -0.2) is 37.0 Å². The van der Waals surface area contributed by atoms with Crippen molar-refractivity contribution < 1.29 is 4.79 Å². The molecule has 1 fully saturated rings. The predicted molar refractivity (Wildman–Crippen MR) is 86.0 cm³/mol. The number of nitrogens with two attached hydrogens (primary N) is 1. The smallest absolute Gasteiger partial charge is 0.241 e. The van der Waals surface area contributed by atoms with Crippen LogP contribution in [-0.2, 0) is 4.79 Å². The maximum Gasteiger partial charge on any atom is 0.241 e. The Bertz CT molecular complexity index is 475. The predicted octanol–water partition coefficient (Wildman–Crippen LogP) is 1.99. The average molecular weight is 289 g/mol. The van der Waals surface area contributed by atoms with Gasteiger partial charge in [-0.1, -0.05) is 42.7 Å². The fraction of sp³-hybridized carbons (Fsp3) is 0.588. The summed E-state index contributed by atoms with van der Waals surface area (Å²) in [6.45, 7) is 2.70. The molecule has 3 N–H and O–H groups in total. The van der Waals surface area contributed by atoms with Crippen molar-refractivity contribution in [1.29, 1.82) is 0 Å². The molecule has 4 heteroatoms. The first kappa shape index (κ1) is 16.0. The number of aryl methyl sites for hydroxylation is 1. The van der Waals surface area contributed by atoms with Crippen LogP contribution < -0.4 is 11.1 Å². The molecule has 0 saturated heterocycles. The van der Waals surface area contributed by atoms with E-state index in [1.165, 1.54) is 18.4 Å². The van der Waals surface area contributed by atoms with Crippen LogP contribution in [0.3, 0.4) is 0 Å². The number of hydrogen-bond acceptors (Lipinski definition) is 3. The monoisotopic (exact) mass is 289 g/mol. The molecule has 1 amide bonds. The fourth-order valence-corrected chi connectivity index (χ4v) is 3.10. The number of nitrogens with zero attached hydrogens (tertiary/aromatic N) is 1. The Morgan fingerprint density at radius 2 is 1.86 bits per heavy atom. The number of rotatable bonds is 5. The highest BCUT2D eigenvalue weighted by atomic mass is 16.2. The largest absolute Gasteiger partial charge is 0.353 e. The van der Waals surface area contributed by atoms with Gasteiger partial charge in [-0.25, -0.2) is 0 Å². The van der Waals surface area contributed by atoms with Crippen molar-refractivity contribution in [3.8, 4) is 0 Å². The van der Waals surface area contributed by atoms with E-state index in [-0.39, 0.29) is 11.4 Å². The lowest BCUT2D eigenvalue weighted by atomic mass is 9.95. The molecule has 0 bridgehead atoms. The quantitative estimate of drug-likeness (QED) is 0.871. The number of nitrogens with one attached hydrogen (secondary N) is 1.